The molecule has 2 aliphatic heterocycles. The van der Waals surface area contributed by atoms with Gasteiger partial charge >= 0.3 is 0 Å². The molecule has 0 aromatic heterocycles. The Morgan fingerprint density at radius 2 is 1.73 bits per heavy atom. The summed E-state index contributed by atoms with van der Waals surface area (Å²) in [5, 5.41) is 9.85. The maximum atomic E-state index is 11.8. The monoisotopic (exact) mass is 358 g/mol. The van der Waals surface area contributed by atoms with Crippen molar-refractivity contribution in [3.63, 3.8) is 0 Å². The van der Waals surface area contributed by atoms with Gasteiger partial charge in [-0.05, 0) is 76.1 Å². The van der Waals surface area contributed by atoms with E-state index in [4.69, 9.17) is 0 Å². The van der Waals surface area contributed by atoms with Crippen LogP contribution in [0.4, 0.5) is 0 Å². The summed E-state index contributed by atoms with van der Waals surface area (Å²) in [6.07, 6.45) is 5.92. The van der Waals surface area contributed by atoms with Crippen LogP contribution >= 0.6 is 0 Å². The van der Waals surface area contributed by atoms with Crippen molar-refractivity contribution in [3.8, 4) is 0 Å². The van der Waals surface area contributed by atoms with Crippen LogP contribution in [-0.2, 0) is 17.8 Å². The molecule has 0 radical (unpaired) electrons. The van der Waals surface area contributed by atoms with Crippen LogP contribution in [0, 0.1) is 5.92 Å². The molecular formula is C22H34N2O2. The SMILES string of the molecule is CC(C)(O)CCc1ccc(CN2CCC(CN3CCCC3=O)CC2)cc1. The molecule has 1 aromatic rings. The summed E-state index contributed by atoms with van der Waals surface area (Å²) >= 11 is 0. The van der Waals surface area contributed by atoms with Gasteiger partial charge in [0.1, 0.15) is 0 Å². The van der Waals surface area contributed by atoms with E-state index in [0.717, 1.165) is 58.4 Å². The number of aryl methyl sites for hydroxylation is 1. The highest BCUT2D eigenvalue weighted by atomic mass is 16.3. The third kappa shape index (κ3) is 5.82. The summed E-state index contributed by atoms with van der Waals surface area (Å²) < 4.78 is 0. The second-order valence-corrected chi connectivity index (χ2v) is 8.79. The van der Waals surface area contributed by atoms with E-state index in [2.05, 4.69) is 34.1 Å². The largest absolute Gasteiger partial charge is 0.390 e. The molecule has 2 saturated heterocycles. The molecule has 0 saturated carbocycles. The van der Waals surface area contributed by atoms with Crippen LogP contribution in [0.15, 0.2) is 24.3 Å². The number of hydrogen-bond donors (Lipinski definition) is 1. The smallest absolute Gasteiger partial charge is 0.222 e. The van der Waals surface area contributed by atoms with E-state index in [1.807, 2.05) is 13.8 Å². The van der Waals surface area contributed by atoms with Gasteiger partial charge in [-0.2, -0.15) is 0 Å². The summed E-state index contributed by atoms with van der Waals surface area (Å²) in [6.45, 7) is 8.96. The second kappa shape index (κ2) is 8.53. The van der Waals surface area contributed by atoms with Gasteiger partial charge in [0.05, 0.1) is 5.60 Å². The number of nitrogens with zero attached hydrogens (tertiary/aromatic N) is 2. The lowest BCUT2D eigenvalue weighted by Crippen LogP contribution is -2.38. The molecule has 2 heterocycles. The van der Waals surface area contributed by atoms with Crippen molar-refractivity contribution in [1.29, 1.82) is 0 Å². The Labute approximate surface area is 158 Å². The van der Waals surface area contributed by atoms with Gasteiger partial charge in [-0.25, -0.2) is 0 Å². The standard InChI is InChI=1S/C22H34N2O2/c1-22(2,26)12-9-18-5-7-19(8-6-18)16-23-14-10-20(11-15-23)17-24-13-3-4-21(24)25/h5-8,20,26H,3-4,9-17H2,1-2H3. The van der Waals surface area contributed by atoms with Gasteiger partial charge in [0, 0.05) is 26.1 Å². The van der Waals surface area contributed by atoms with Gasteiger partial charge < -0.3 is 10.0 Å². The summed E-state index contributed by atoms with van der Waals surface area (Å²) in [6, 6.07) is 8.86. The predicted octanol–water partition coefficient (Wildman–Crippen LogP) is 3.22. The van der Waals surface area contributed by atoms with E-state index in [0.29, 0.717) is 11.8 Å². The first-order valence-electron chi connectivity index (χ1n) is 10.2. The molecular weight excluding hydrogens is 324 g/mol. The Kier molecular flexibility index (Phi) is 6.36. The molecule has 2 fully saturated rings. The lowest BCUT2D eigenvalue weighted by atomic mass is 9.95. The molecule has 0 unspecified atom stereocenters. The number of benzene rings is 1. The first kappa shape index (κ1) is 19.4. The zero-order valence-electron chi connectivity index (χ0n) is 16.4. The van der Waals surface area contributed by atoms with Gasteiger partial charge in [-0.1, -0.05) is 24.3 Å². The molecule has 144 valence electrons. The van der Waals surface area contributed by atoms with Crippen LogP contribution < -0.4 is 0 Å². The van der Waals surface area contributed by atoms with E-state index in [-0.39, 0.29) is 0 Å². The number of carbonyl (C=O) groups is 1. The average molecular weight is 359 g/mol. The summed E-state index contributed by atoms with van der Waals surface area (Å²) in [5.74, 6) is 1.04. The van der Waals surface area contributed by atoms with Gasteiger partial charge in [-0.15, -0.1) is 0 Å². The van der Waals surface area contributed by atoms with Crippen LogP contribution in [-0.4, -0.2) is 52.6 Å². The quantitative estimate of drug-likeness (QED) is 0.814. The zero-order chi connectivity index (χ0) is 18.6. The Balaban J connectivity index is 1.40. The van der Waals surface area contributed by atoms with Crippen LogP contribution in [0.3, 0.4) is 0 Å². The molecule has 1 N–H and O–H groups in total. The van der Waals surface area contributed by atoms with Crippen molar-refractivity contribution >= 4 is 5.91 Å². The van der Waals surface area contributed by atoms with E-state index in [1.54, 1.807) is 0 Å². The summed E-state index contributed by atoms with van der Waals surface area (Å²) in [5.41, 5.74) is 2.07. The second-order valence-electron chi connectivity index (χ2n) is 8.79. The van der Waals surface area contributed by atoms with Crippen molar-refractivity contribution in [1.82, 2.24) is 9.80 Å². The number of aliphatic hydroxyl groups is 1. The number of rotatable bonds is 7. The molecule has 0 aliphatic carbocycles. The Bertz CT molecular complexity index is 583. The molecule has 0 bridgehead atoms. The number of piperidine rings is 1. The summed E-state index contributed by atoms with van der Waals surface area (Å²) in [7, 11) is 0. The van der Waals surface area contributed by atoms with E-state index >= 15 is 0 Å². The topological polar surface area (TPSA) is 43.8 Å². The summed E-state index contributed by atoms with van der Waals surface area (Å²) in [4.78, 5) is 16.4. The van der Waals surface area contributed by atoms with Crippen molar-refractivity contribution < 1.29 is 9.90 Å². The van der Waals surface area contributed by atoms with Crippen LogP contribution in [0.5, 0.6) is 0 Å². The molecule has 4 heteroatoms. The minimum absolute atomic E-state index is 0.358. The minimum atomic E-state index is -0.595. The van der Waals surface area contributed by atoms with Gasteiger partial charge in [-0.3, -0.25) is 9.69 Å². The number of carbonyl (C=O) groups excluding carboxylic acids is 1. The van der Waals surface area contributed by atoms with Crippen molar-refractivity contribution in [2.75, 3.05) is 26.2 Å². The first-order valence-corrected chi connectivity index (χ1v) is 10.2. The fourth-order valence-corrected chi connectivity index (χ4v) is 4.06. The highest BCUT2D eigenvalue weighted by Crippen LogP contribution is 2.22. The first-order chi connectivity index (χ1) is 12.4. The van der Waals surface area contributed by atoms with E-state index in [9.17, 15) is 9.90 Å². The van der Waals surface area contributed by atoms with Crippen LogP contribution in [0.2, 0.25) is 0 Å². The molecule has 26 heavy (non-hydrogen) atoms. The molecule has 2 aliphatic rings. The molecule has 4 nitrogen and oxygen atoms in total. The van der Waals surface area contributed by atoms with Gasteiger partial charge in [0.2, 0.25) is 5.91 Å². The number of hydrogen-bond acceptors (Lipinski definition) is 3. The van der Waals surface area contributed by atoms with Gasteiger partial charge in [0.15, 0.2) is 0 Å². The minimum Gasteiger partial charge on any atom is -0.390 e. The number of likely N-dealkylation sites (tertiary alicyclic amines) is 2. The zero-order valence-corrected chi connectivity index (χ0v) is 16.4. The lowest BCUT2D eigenvalue weighted by Gasteiger charge is -2.33. The maximum absolute atomic E-state index is 11.8. The third-order valence-electron chi connectivity index (χ3n) is 5.81. The van der Waals surface area contributed by atoms with Crippen molar-refractivity contribution in [2.45, 2.75) is 64.5 Å². The van der Waals surface area contributed by atoms with E-state index < -0.39 is 5.60 Å². The van der Waals surface area contributed by atoms with Crippen LogP contribution in [0.25, 0.3) is 0 Å². The molecule has 3 rings (SSSR count). The average Bonchev–Trinajstić information content (AvgIpc) is 3.00. The molecule has 0 atom stereocenters. The maximum Gasteiger partial charge on any atom is 0.222 e. The third-order valence-corrected chi connectivity index (χ3v) is 5.81. The molecule has 1 amide bonds. The highest BCUT2D eigenvalue weighted by Gasteiger charge is 2.26. The predicted molar refractivity (Wildman–Crippen MR) is 105 cm³/mol. The molecule has 1 aromatic carbocycles. The fourth-order valence-electron chi connectivity index (χ4n) is 4.06. The highest BCUT2D eigenvalue weighted by molar-refractivity contribution is 5.78. The van der Waals surface area contributed by atoms with Crippen molar-refractivity contribution in [2.24, 2.45) is 5.92 Å². The van der Waals surface area contributed by atoms with Gasteiger partial charge in [0.25, 0.3) is 0 Å². The van der Waals surface area contributed by atoms with Crippen LogP contribution in [0.1, 0.15) is 57.1 Å². The molecule has 0 spiro atoms. The van der Waals surface area contributed by atoms with Crippen molar-refractivity contribution in [3.05, 3.63) is 35.4 Å². The van der Waals surface area contributed by atoms with E-state index in [1.165, 1.54) is 24.0 Å². The number of amides is 1. The normalized spacial score (nSPS) is 20.1. The Hall–Kier alpha value is -1.39. The lowest BCUT2D eigenvalue weighted by molar-refractivity contribution is -0.128. The fraction of sp³-hybridized carbons (Fsp3) is 0.682. The Morgan fingerprint density at radius 1 is 1.08 bits per heavy atom. The Morgan fingerprint density at radius 3 is 2.31 bits per heavy atom.